The normalized spacial score (nSPS) is 18.2. The Labute approximate surface area is 195 Å². The third-order valence-corrected chi connectivity index (χ3v) is 6.52. The maximum absolute atomic E-state index is 15.3. The zero-order valence-electron chi connectivity index (χ0n) is 18.2. The van der Waals surface area contributed by atoms with Crippen molar-refractivity contribution < 1.29 is 9.18 Å². The summed E-state index contributed by atoms with van der Waals surface area (Å²) in [7, 11) is 0. The monoisotopic (exact) mass is 469 g/mol. The number of carbonyl (C=O) groups is 1. The Kier molecular flexibility index (Phi) is 5.44. The van der Waals surface area contributed by atoms with Crippen molar-refractivity contribution >= 4 is 40.8 Å². The number of amides is 1. The minimum atomic E-state index is -0.572. The Hall–Kier alpha value is -3.20. The van der Waals surface area contributed by atoms with Crippen LogP contribution in [0.5, 0.6) is 0 Å². The standard InChI is InChI=1S/C23H25ClFN7O/c1-23(5-6-23)32-19(26)14-4-7-27-20(17(14)24)30-18-15(12-2-3-12)10-13(11-16(18)25)21(33)31-22-28-8-9-29-22/h4,7,10-12H,2-3,5-6,8-9H2,1H3,(H2,26,32)(H,27,30)(H2,28,29,31,33). The van der Waals surface area contributed by atoms with Gasteiger partial charge >= 0.3 is 0 Å². The van der Waals surface area contributed by atoms with Crippen molar-refractivity contribution in [2.45, 2.75) is 44.1 Å². The molecule has 1 aliphatic heterocycles. The fourth-order valence-corrected chi connectivity index (χ4v) is 4.05. The summed E-state index contributed by atoms with van der Waals surface area (Å²) in [6.07, 6.45) is 5.37. The highest BCUT2D eigenvalue weighted by atomic mass is 35.5. The van der Waals surface area contributed by atoms with E-state index in [-0.39, 0.29) is 39.4 Å². The molecule has 0 spiro atoms. The van der Waals surface area contributed by atoms with Crippen LogP contribution < -0.4 is 21.3 Å². The van der Waals surface area contributed by atoms with E-state index in [1.807, 2.05) is 0 Å². The number of halogens is 2. The summed E-state index contributed by atoms with van der Waals surface area (Å²) >= 11 is 6.57. The Morgan fingerprint density at radius 1 is 1.30 bits per heavy atom. The van der Waals surface area contributed by atoms with Crippen molar-refractivity contribution in [2.75, 3.05) is 18.4 Å². The summed E-state index contributed by atoms with van der Waals surface area (Å²) in [5, 5.41) is 20.8. The van der Waals surface area contributed by atoms with Crippen LogP contribution in [0.15, 0.2) is 29.4 Å². The molecule has 0 bridgehead atoms. The molecular weight excluding hydrogens is 445 g/mol. The van der Waals surface area contributed by atoms with E-state index in [1.165, 1.54) is 6.07 Å². The van der Waals surface area contributed by atoms with Crippen molar-refractivity contribution in [1.29, 1.82) is 5.41 Å². The number of rotatable bonds is 6. The van der Waals surface area contributed by atoms with Crippen LogP contribution in [0, 0.1) is 11.2 Å². The number of pyridine rings is 1. The number of carbonyl (C=O) groups excluding carboxylic acids is 1. The van der Waals surface area contributed by atoms with Gasteiger partial charge in [-0.15, -0.1) is 0 Å². The van der Waals surface area contributed by atoms with E-state index >= 15 is 4.39 Å². The summed E-state index contributed by atoms with van der Waals surface area (Å²) in [5.74, 6) is -0.0483. The lowest BCUT2D eigenvalue weighted by molar-refractivity contribution is 0.100. The van der Waals surface area contributed by atoms with Crippen LogP contribution in [-0.2, 0) is 0 Å². The average Bonchev–Trinajstić information content (AvgIpc) is 3.70. The molecular formula is C23H25ClFN7O. The van der Waals surface area contributed by atoms with Gasteiger partial charge in [-0.3, -0.25) is 10.2 Å². The van der Waals surface area contributed by atoms with E-state index in [0.717, 1.165) is 25.7 Å². The Morgan fingerprint density at radius 3 is 2.70 bits per heavy atom. The first kappa shape index (κ1) is 21.6. The van der Waals surface area contributed by atoms with Crippen LogP contribution in [0.25, 0.3) is 0 Å². The van der Waals surface area contributed by atoms with Crippen LogP contribution in [-0.4, -0.2) is 41.3 Å². The topological polar surface area (TPSA) is 114 Å². The van der Waals surface area contributed by atoms with Crippen molar-refractivity contribution in [1.82, 2.24) is 20.9 Å². The number of nitrogens with one attached hydrogen (secondary N) is 5. The highest BCUT2D eigenvalue weighted by molar-refractivity contribution is 6.36. The van der Waals surface area contributed by atoms with E-state index < -0.39 is 11.7 Å². The maximum atomic E-state index is 15.3. The molecule has 0 radical (unpaired) electrons. The predicted molar refractivity (Wildman–Crippen MR) is 126 cm³/mol. The number of aliphatic imine (C=N–C) groups is 1. The van der Waals surface area contributed by atoms with Crippen molar-refractivity contribution in [3.8, 4) is 0 Å². The molecule has 2 saturated carbocycles. The number of nitrogens with zero attached hydrogens (tertiary/aromatic N) is 2. The van der Waals surface area contributed by atoms with Gasteiger partial charge in [0.2, 0.25) is 0 Å². The molecule has 1 amide bonds. The summed E-state index contributed by atoms with van der Waals surface area (Å²) in [6.45, 7) is 3.44. The molecule has 0 unspecified atom stereocenters. The molecule has 0 atom stereocenters. The van der Waals surface area contributed by atoms with Gasteiger partial charge in [-0.05, 0) is 62.3 Å². The van der Waals surface area contributed by atoms with Crippen molar-refractivity contribution in [2.24, 2.45) is 4.99 Å². The Balaban J connectivity index is 1.44. The SMILES string of the molecule is CC1(NC(=N)c2ccnc(Nc3c(F)cc(C(=O)N=C4NCCN4)cc3C3CC3)c2Cl)CC1. The van der Waals surface area contributed by atoms with Gasteiger partial charge in [0, 0.05) is 36.0 Å². The minimum Gasteiger partial charge on any atom is -0.365 e. The lowest BCUT2D eigenvalue weighted by Crippen LogP contribution is -2.34. The van der Waals surface area contributed by atoms with Gasteiger partial charge in [-0.25, -0.2) is 9.37 Å². The van der Waals surface area contributed by atoms with E-state index in [0.29, 0.717) is 30.2 Å². The van der Waals surface area contributed by atoms with Gasteiger partial charge in [-0.2, -0.15) is 4.99 Å². The summed E-state index contributed by atoms with van der Waals surface area (Å²) in [6, 6.07) is 4.54. The largest absolute Gasteiger partial charge is 0.365 e. The first-order valence-electron chi connectivity index (χ1n) is 11.1. The van der Waals surface area contributed by atoms with Crippen LogP contribution in [0.2, 0.25) is 5.02 Å². The van der Waals surface area contributed by atoms with E-state index in [9.17, 15) is 4.79 Å². The molecule has 5 N–H and O–H groups in total. The number of guanidine groups is 1. The number of aromatic nitrogens is 1. The quantitative estimate of drug-likeness (QED) is 0.326. The predicted octanol–water partition coefficient (Wildman–Crippen LogP) is 3.65. The first-order valence-corrected chi connectivity index (χ1v) is 11.4. The van der Waals surface area contributed by atoms with Crippen LogP contribution in [0.1, 0.15) is 60.0 Å². The van der Waals surface area contributed by atoms with Gasteiger partial charge in [0.25, 0.3) is 5.91 Å². The smallest absolute Gasteiger partial charge is 0.280 e. The summed E-state index contributed by atoms with van der Waals surface area (Å²) < 4.78 is 15.3. The fraction of sp³-hybridized carbons (Fsp3) is 0.391. The molecule has 172 valence electrons. The fourth-order valence-electron chi connectivity index (χ4n) is 3.79. The molecule has 2 aliphatic carbocycles. The average molecular weight is 470 g/mol. The van der Waals surface area contributed by atoms with Crippen molar-refractivity contribution in [3.05, 3.63) is 51.9 Å². The van der Waals surface area contributed by atoms with Gasteiger partial charge in [0.05, 0.1) is 10.7 Å². The van der Waals surface area contributed by atoms with Crippen molar-refractivity contribution in [3.63, 3.8) is 0 Å². The van der Waals surface area contributed by atoms with Crippen LogP contribution >= 0.6 is 11.6 Å². The minimum absolute atomic E-state index is 0.0717. The molecule has 3 aliphatic rings. The summed E-state index contributed by atoms with van der Waals surface area (Å²) in [4.78, 5) is 20.9. The van der Waals surface area contributed by atoms with E-state index in [1.54, 1.807) is 18.3 Å². The molecule has 3 fully saturated rings. The molecule has 5 rings (SSSR count). The van der Waals surface area contributed by atoms with E-state index in [2.05, 4.69) is 38.2 Å². The van der Waals surface area contributed by atoms with Gasteiger partial charge in [0.1, 0.15) is 17.5 Å². The molecule has 2 aromatic rings. The highest BCUT2D eigenvalue weighted by Crippen LogP contribution is 2.46. The number of hydrogen-bond donors (Lipinski definition) is 5. The number of benzene rings is 1. The third-order valence-electron chi connectivity index (χ3n) is 6.14. The molecule has 2 heterocycles. The zero-order chi connectivity index (χ0) is 23.2. The van der Waals surface area contributed by atoms with Crippen LogP contribution in [0.4, 0.5) is 15.9 Å². The van der Waals surface area contributed by atoms with E-state index in [4.69, 9.17) is 17.0 Å². The number of amidine groups is 1. The molecule has 33 heavy (non-hydrogen) atoms. The second-order valence-electron chi connectivity index (χ2n) is 9.02. The number of hydrogen-bond acceptors (Lipinski definition) is 4. The summed E-state index contributed by atoms with van der Waals surface area (Å²) in [5.41, 5.74) is 1.57. The highest BCUT2D eigenvalue weighted by Gasteiger charge is 2.38. The van der Waals surface area contributed by atoms with Gasteiger partial charge < -0.3 is 21.3 Å². The van der Waals surface area contributed by atoms with Crippen LogP contribution in [0.3, 0.4) is 0 Å². The second-order valence-corrected chi connectivity index (χ2v) is 9.40. The molecule has 1 aromatic carbocycles. The second kappa shape index (κ2) is 8.30. The lowest BCUT2D eigenvalue weighted by atomic mass is 10.0. The molecule has 1 saturated heterocycles. The van der Waals surface area contributed by atoms with Gasteiger partial charge in [0.15, 0.2) is 5.96 Å². The molecule has 10 heteroatoms. The Morgan fingerprint density at radius 2 is 2.03 bits per heavy atom. The number of anilines is 2. The van der Waals surface area contributed by atoms with Gasteiger partial charge in [-0.1, -0.05) is 11.6 Å². The lowest BCUT2D eigenvalue weighted by Gasteiger charge is -2.18. The molecule has 8 nitrogen and oxygen atoms in total. The first-order chi connectivity index (χ1) is 15.8. The molecule has 1 aromatic heterocycles. The third kappa shape index (κ3) is 4.64. The zero-order valence-corrected chi connectivity index (χ0v) is 18.9. The Bertz CT molecular complexity index is 1170. The maximum Gasteiger partial charge on any atom is 0.280 e.